The molecule has 1 unspecified atom stereocenters. The highest BCUT2D eigenvalue weighted by Crippen LogP contribution is 2.40. The second-order valence-electron chi connectivity index (χ2n) is 10.5. The summed E-state index contributed by atoms with van der Waals surface area (Å²) in [6, 6.07) is 33.3. The van der Waals surface area contributed by atoms with Crippen molar-refractivity contribution in [2.24, 2.45) is 5.10 Å². The fourth-order valence-corrected chi connectivity index (χ4v) is 6.26. The minimum absolute atomic E-state index is 0.0652. The third-order valence-corrected chi connectivity index (χ3v) is 8.29. The molecule has 7 aromatic rings. The molecule has 1 atom stereocenters. The number of imidazole rings is 1. The van der Waals surface area contributed by atoms with Gasteiger partial charge in [-0.15, -0.1) is 0 Å². The molecule has 3 heterocycles. The van der Waals surface area contributed by atoms with E-state index in [0.717, 1.165) is 61.8 Å². The largest absolute Gasteiger partial charge is 0.497 e. The average molecular weight is 549 g/mol. The molecule has 5 aromatic carbocycles. The normalized spacial score (nSPS) is 15.2. The Labute approximate surface area is 240 Å². The Hall–Kier alpha value is -5.56. The molecule has 0 fully saturated rings. The number of aldehydes is 1. The first-order chi connectivity index (χ1) is 20.6. The van der Waals surface area contributed by atoms with E-state index in [1.54, 1.807) is 23.6 Å². The van der Waals surface area contributed by atoms with Crippen LogP contribution in [-0.2, 0) is 0 Å². The number of ether oxygens (including phenoxy) is 1. The molecule has 0 amide bonds. The summed E-state index contributed by atoms with van der Waals surface area (Å²) < 4.78 is 7.12. The maximum atomic E-state index is 13.8. The highest BCUT2D eigenvalue weighted by atomic mass is 16.5. The fraction of sp³-hybridized carbons (Fsp3) is 0.0857. The summed E-state index contributed by atoms with van der Waals surface area (Å²) in [5, 5.41) is 10.7. The first-order valence-corrected chi connectivity index (χ1v) is 13.8. The van der Waals surface area contributed by atoms with Crippen molar-refractivity contribution in [3.05, 3.63) is 130 Å². The van der Waals surface area contributed by atoms with Crippen molar-refractivity contribution in [1.82, 2.24) is 9.38 Å². The standard InChI is InChI=1S/C35H24N4O3/c1-42-24-15-11-22(12-16-24)32-19-30(37-39(32)23-13-9-21(20-40)10-14-23)25-17-18-28-33-26(25)5-4-6-27(33)34-36-29-7-2-3-8-31(29)38(34)35(28)41/h2-18,20,32H,19H2,1H3. The number of hydrogen-bond acceptors (Lipinski definition) is 6. The van der Waals surface area contributed by atoms with Crippen molar-refractivity contribution in [3.63, 3.8) is 0 Å². The van der Waals surface area contributed by atoms with Gasteiger partial charge in [0.1, 0.15) is 17.7 Å². The monoisotopic (exact) mass is 548 g/mol. The summed E-state index contributed by atoms with van der Waals surface area (Å²) in [6.07, 6.45) is 1.50. The van der Waals surface area contributed by atoms with Crippen LogP contribution >= 0.6 is 0 Å². The summed E-state index contributed by atoms with van der Waals surface area (Å²) >= 11 is 0. The van der Waals surface area contributed by atoms with Gasteiger partial charge in [-0.25, -0.2) is 4.98 Å². The van der Waals surface area contributed by atoms with E-state index in [-0.39, 0.29) is 11.6 Å². The Morgan fingerprint density at radius 2 is 1.62 bits per heavy atom. The van der Waals surface area contributed by atoms with Crippen molar-refractivity contribution in [1.29, 1.82) is 0 Å². The summed E-state index contributed by atoms with van der Waals surface area (Å²) in [4.78, 5) is 30.0. The molecule has 1 aliphatic heterocycles. The second kappa shape index (κ2) is 9.24. The van der Waals surface area contributed by atoms with E-state index in [4.69, 9.17) is 14.8 Å². The van der Waals surface area contributed by atoms with Gasteiger partial charge < -0.3 is 4.74 Å². The molecule has 0 radical (unpaired) electrons. The molecule has 8 rings (SSSR count). The van der Waals surface area contributed by atoms with Crippen LogP contribution in [0.25, 0.3) is 38.2 Å². The Morgan fingerprint density at radius 3 is 2.40 bits per heavy atom. The lowest BCUT2D eigenvalue weighted by atomic mass is 9.92. The van der Waals surface area contributed by atoms with Gasteiger partial charge in [-0.05, 0) is 65.5 Å². The lowest BCUT2D eigenvalue weighted by Gasteiger charge is -2.24. The number of para-hydroxylation sites is 2. The van der Waals surface area contributed by atoms with Crippen LogP contribution in [0.15, 0.2) is 113 Å². The molecule has 42 heavy (non-hydrogen) atoms. The van der Waals surface area contributed by atoms with Crippen molar-refractivity contribution < 1.29 is 9.53 Å². The van der Waals surface area contributed by atoms with Crippen LogP contribution in [0, 0.1) is 0 Å². The molecule has 0 aliphatic carbocycles. The summed E-state index contributed by atoms with van der Waals surface area (Å²) in [5.74, 6) is 0.791. The highest BCUT2D eigenvalue weighted by molar-refractivity contribution is 6.22. The zero-order chi connectivity index (χ0) is 28.4. The third-order valence-electron chi connectivity index (χ3n) is 8.29. The molecule has 1 aliphatic rings. The molecule has 2 aromatic heterocycles. The lowest BCUT2D eigenvalue weighted by molar-refractivity contribution is 0.112. The van der Waals surface area contributed by atoms with Gasteiger partial charge in [0.05, 0.1) is 35.6 Å². The van der Waals surface area contributed by atoms with E-state index >= 15 is 0 Å². The third kappa shape index (κ3) is 3.53. The molecule has 0 N–H and O–H groups in total. The number of pyridine rings is 1. The quantitative estimate of drug-likeness (QED) is 0.222. The van der Waals surface area contributed by atoms with Crippen LogP contribution in [0.5, 0.6) is 5.75 Å². The number of nitrogens with zero attached hydrogens (tertiary/aromatic N) is 4. The molecule has 0 saturated heterocycles. The number of rotatable bonds is 5. The van der Waals surface area contributed by atoms with Crippen LogP contribution in [0.2, 0.25) is 0 Å². The number of anilines is 1. The SMILES string of the molecule is COc1ccc(C2CC(c3ccc4c(=O)n5c6ccccc6nc5c5cccc3c45)=NN2c2ccc(C=O)cc2)cc1. The van der Waals surface area contributed by atoms with Gasteiger partial charge in [0.15, 0.2) is 0 Å². The molecule has 7 heteroatoms. The summed E-state index contributed by atoms with van der Waals surface area (Å²) in [6.45, 7) is 0. The van der Waals surface area contributed by atoms with Crippen LogP contribution in [0.1, 0.15) is 33.9 Å². The van der Waals surface area contributed by atoms with E-state index in [1.165, 1.54) is 0 Å². The molecule has 202 valence electrons. The second-order valence-corrected chi connectivity index (χ2v) is 10.5. The van der Waals surface area contributed by atoms with Crippen molar-refractivity contribution in [3.8, 4) is 5.75 Å². The Kier molecular flexibility index (Phi) is 5.34. The molecular formula is C35H24N4O3. The minimum Gasteiger partial charge on any atom is -0.497 e. The van der Waals surface area contributed by atoms with Gasteiger partial charge in [-0.3, -0.25) is 19.0 Å². The molecule has 0 saturated carbocycles. The number of carbonyl (C=O) groups is 1. The van der Waals surface area contributed by atoms with Crippen LogP contribution in [0.3, 0.4) is 0 Å². The Morgan fingerprint density at radius 1 is 0.833 bits per heavy atom. The van der Waals surface area contributed by atoms with Crippen LogP contribution in [0.4, 0.5) is 5.69 Å². The molecular weight excluding hydrogens is 524 g/mol. The number of hydrogen-bond donors (Lipinski definition) is 0. The zero-order valence-electron chi connectivity index (χ0n) is 22.7. The maximum Gasteiger partial charge on any atom is 0.264 e. The number of carbonyl (C=O) groups excluding carboxylic acids is 1. The first-order valence-electron chi connectivity index (χ1n) is 13.8. The Bertz CT molecular complexity index is 2250. The van der Waals surface area contributed by atoms with E-state index in [0.29, 0.717) is 23.0 Å². The highest BCUT2D eigenvalue weighted by Gasteiger charge is 2.31. The summed E-state index contributed by atoms with van der Waals surface area (Å²) in [7, 11) is 1.66. The number of methoxy groups -OCH3 is 1. The Balaban J connectivity index is 1.33. The van der Waals surface area contributed by atoms with Crippen LogP contribution < -0.4 is 15.3 Å². The lowest BCUT2D eigenvalue weighted by Crippen LogP contribution is -2.18. The zero-order valence-corrected chi connectivity index (χ0v) is 22.7. The number of fused-ring (bicyclic) bond motifs is 4. The van der Waals surface area contributed by atoms with Gasteiger partial charge in [-0.1, -0.05) is 48.5 Å². The van der Waals surface area contributed by atoms with E-state index in [9.17, 15) is 9.59 Å². The van der Waals surface area contributed by atoms with E-state index in [2.05, 4.69) is 18.2 Å². The minimum atomic E-state index is -0.0738. The van der Waals surface area contributed by atoms with Crippen LogP contribution in [-0.4, -0.2) is 28.5 Å². The van der Waals surface area contributed by atoms with Gasteiger partial charge >= 0.3 is 0 Å². The first kappa shape index (κ1) is 24.3. The number of benzene rings is 5. The van der Waals surface area contributed by atoms with E-state index in [1.807, 2.05) is 77.8 Å². The van der Waals surface area contributed by atoms with Crippen molar-refractivity contribution >= 4 is 55.9 Å². The molecule has 7 nitrogen and oxygen atoms in total. The predicted octanol–water partition coefficient (Wildman–Crippen LogP) is 6.77. The van der Waals surface area contributed by atoms with Crippen molar-refractivity contribution in [2.75, 3.05) is 12.1 Å². The average Bonchev–Trinajstić information content (AvgIpc) is 3.66. The van der Waals surface area contributed by atoms with Gasteiger partial charge in [0.25, 0.3) is 5.56 Å². The topological polar surface area (TPSA) is 76.3 Å². The van der Waals surface area contributed by atoms with Gasteiger partial charge in [0.2, 0.25) is 0 Å². The predicted molar refractivity (Wildman–Crippen MR) is 166 cm³/mol. The van der Waals surface area contributed by atoms with Crippen molar-refractivity contribution in [2.45, 2.75) is 12.5 Å². The summed E-state index contributed by atoms with van der Waals surface area (Å²) in [5.41, 5.74) is 6.70. The van der Waals surface area contributed by atoms with E-state index < -0.39 is 0 Å². The number of hydrazone groups is 1. The van der Waals surface area contributed by atoms with Gasteiger partial charge in [-0.2, -0.15) is 5.10 Å². The smallest absolute Gasteiger partial charge is 0.264 e. The number of aromatic nitrogens is 2. The molecule has 0 spiro atoms. The maximum absolute atomic E-state index is 13.8. The fourth-order valence-electron chi connectivity index (χ4n) is 6.26. The molecule has 0 bridgehead atoms. The van der Waals surface area contributed by atoms with Gasteiger partial charge in [0, 0.05) is 33.7 Å².